The van der Waals surface area contributed by atoms with Crippen molar-refractivity contribution in [3.05, 3.63) is 73.4 Å². The Balaban J connectivity index is 1.41. The van der Waals surface area contributed by atoms with Gasteiger partial charge in [0, 0.05) is 24.4 Å². The topological polar surface area (TPSA) is 153 Å². The molecule has 14 heteroatoms. The number of aromatic nitrogens is 5. The second kappa shape index (κ2) is 11.8. The highest BCUT2D eigenvalue weighted by atomic mass is 32.2. The fourth-order valence-electron chi connectivity index (χ4n) is 3.34. The van der Waals surface area contributed by atoms with Crippen LogP contribution in [0.15, 0.2) is 77.8 Å². The third-order valence-electron chi connectivity index (χ3n) is 4.99. The minimum absolute atomic E-state index is 0.233. The molecule has 0 spiro atoms. The third kappa shape index (κ3) is 6.86. The number of anilines is 6. The molecule has 0 aliphatic heterocycles. The van der Waals surface area contributed by atoms with Gasteiger partial charge in [0.15, 0.2) is 5.65 Å². The summed E-state index contributed by atoms with van der Waals surface area (Å²) in [5, 5.41) is 9.39. The van der Waals surface area contributed by atoms with Crippen molar-refractivity contribution in [2.45, 2.75) is 11.3 Å². The first-order valence-electron chi connectivity index (χ1n) is 11.6. The van der Waals surface area contributed by atoms with Crippen LogP contribution in [-0.2, 0) is 9.59 Å². The summed E-state index contributed by atoms with van der Waals surface area (Å²) in [4.78, 5) is 44.7. The molecule has 0 amide bonds. The van der Waals surface area contributed by atoms with Gasteiger partial charge in [-0.1, -0.05) is 6.58 Å². The van der Waals surface area contributed by atoms with E-state index in [9.17, 15) is 9.59 Å². The van der Waals surface area contributed by atoms with Crippen LogP contribution in [0.25, 0.3) is 10.3 Å². The van der Waals surface area contributed by atoms with Crippen molar-refractivity contribution in [2.75, 3.05) is 16.0 Å². The van der Waals surface area contributed by atoms with Gasteiger partial charge in [0.05, 0.1) is 16.6 Å². The normalized spacial score (nSPS) is 10.6. The zero-order chi connectivity index (χ0) is 28.1. The molecule has 0 saturated carbocycles. The number of thiazole rings is 1. The molecule has 40 heavy (non-hydrogen) atoms. The number of fused-ring (bicyclic) bond motifs is 1. The number of nitrogens with zero attached hydrogens (tertiary/aromatic N) is 5. The number of thiol groups is 1. The Bertz CT molecular complexity index is 1710. The molecule has 0 aliphatic rings. The number of ether oxygens (including phenoxy) is 2. The Hall–Kier alpha value is -5.08. The minimum atomic E-state index is -0.554. The van der Waals surface area contributed by atoms with Gasteiger partial charge < -0.3 is 25.4 Å². The monoisotopic (exact) mass is 572 g/mol. The van der Waals surface area contributed by atoms with E-state index in [1.807, 2.05) is 6.07 Å². The molecule has 200 valence electrons. The van der Waals surface area contributed by atoms with E-state index in [1.165, 1.54) is 18.3 Å². The van der Waals surface area contributed by atoms with Gasteiger partial charge in [-0.2, -0.15) is 15.0 Å². The van der Waals surface area contributed by atoms with Gasteiger partial charge in [-0.15, -0.1) is 24.0 Å². The highest BCUT2D eigenvalue weighted by Gasteiger charge is 2.11. The van der Waals surface area contributed by atoms with Crippen molar-refractivity contribution >= 4 is 81.2 Å². The zero-order valence-corrected chi connectivity index (χ0v) is 22.5. The molecule has 0 unspecified atom stereocenters. The average molecular weight is 573 g/mol. The molecule has 3 N–H and O–H groups in total. The molecule has 0 radical (unpaired) electrons. The Labute approximate surface area is 237 Å². The standard InChI is InChI=1S/C26H20N8O4S2/c1-3-21(36)38-19-10-6-16(7-11-19)29-24-32-23(28-15-4-8-18(9-5-15)37-14(2)35)33-25(34-24)30-17-12-20-22(27-13-17)31-26(39)40-20/h3-13H,1H2,2H3,(H,27,31,39)(H3,28,29,30,32,33,34). The van der Waals surface area contributed by atoms with Gasteiger partial charge >= 0.3 is 11.9 Å². The Morgan fingerprint density at radius 2 is 1.35 bits per heavy atom. The molecule has 0 fully saturated rings. The lowest BCUT2D eigenvalue weighted by atomic mass is 10.3. The number of hydrogen-bond acceptors (Lipinski definition) is 14. The number of rotatable bonds is 9. The van der Waals surface area contributed by atoms with Crippen LogP contribution in [0.5, 0.6) is 11.5 Å². The van der Waals surface area contributed by atoms with Crippen LogP contribution >= 0.6 is 24.0 Å². The van der Waals surface area contributed by atoms with Crippen molar-refractivity contribution < 1.29 is 19.1 Å². The van der Waals surface area contributed by atoms with E-state index in [0.29, 0.717) is 38.5 Å². The van der Waals surface area contributed by atoms with E-state index >= 15 is 0 Å². The van der Waals surface area contributed by atoms with Gasteiger partial charge in [0.25, 0.3) is 0 Å². The number of nitrogens with one attached hydrogen (secondary N) is 3. The van der Waals surface area contributed by atoms with Gasteiger partial charge in [-0.25, -0.2) is 14.8 Å². The summed E-state index contributed by atoms with van der Waals surface area (Å²) < 4.78 is 11.7. The second-order valence-corrected chi connectivity index (χ2v) is 9.75. The number of carbonyl (C=O) groups is 2. The van der Waals surface area contributed by atoms with E-state index < -0.39 is 11.9 Å². The van der Waals surface area contributed by atoms with Crippen LogP contribution in [0.2, 0.25) is 0 Å². The lowest BCUT2D eigenvalue weighted by molar-refractivity contribution is -0.132. The quantitative estimate of drug-likeness (QED) is 0.0773. The number of pyridine rings is 1. The lowest BCUT2D eigenvalue weighted by Gasteiger charge is -2.12. The predicted molar refractivity (Wildman–Crippen MR) is 154 cm³/mol. The number of carbonyl (C=O) groups excluding carboxylic acids is 2. The molecule has 0 aliphatic carbocycles. The van der Waals surface area contributed by atoms with E-state index in [2.05, 4.69) is 60.1 Å². The van der Waals surface area contributed by atoms with Crippen molar-refractivity contribution in [3.63, 3.8) is 0 Å². The van der Waals surface area contributed by atoms with Crippen LogP contribution in [0.4, 0.5) is 34.9 Å². The largest absolute Gasteiger partial charge is 0.427 e. The number of benzene rings is 2. The molecule has 3 aromatic heterocycles. The molecule has 12 nitrogen and oxygen atoms in total. The number of esters is 2. The maximum atomic E-state index is 11.4. The van der Waals surface area contributed by atoms with Gasteiger partial charge in [-0.05, 0) is 54.6 Å². The fraction of sp³-hybridized carbons (Fsp3) is 0.0385. The summed E-state index contributed by atoms with van der Waals surface area (Å²) in [7, 11) is 0. The molecule has 2 aromatic carbocycles. The first-order valence-corrected chi connectivity index (χ1v) is 12.8. The van der Waals surface area contributed by atoms with E-state index in [-0.39, 0.29) is 17.8 Å². The van der Waals surface area contributed by atoms with Gasteiger partial charge in [-0.3, -0.25) is 4.79 Å². The summed E-state index contributed by atoms with van der Waals surface area (Å²) in [6.45, 7) is 4.72. The third-order valence-corrected chi connectivity index (χ3v) is 6.16. The summed E-state index contributed by atoms with van der Waals surface area (Å²) in [6.07, 6.45) is 2.71. The van der Waals surface area contributed by atoms with Gasteiger partial charge in [0.1, 0.15) is 15.8 Å². The Morgan fingerprint density at radius 3 is 1.88 bits per heavy atom. The zero-order valence-electron chi connectivity index (χ0n) is 20.8. The minimum Gasteiger partial charge on any atom is -0.427 e. The Kier molecular flexibility index (Phi) is 7.80. The summed E-state index contributed by atoms with van der Waals surface area (Å²) in [6, 6.07) is 15.3. The van der Waals surface area contributed by atoms with Crippen LogP contribution in [-0.4, -0.2) is 36.9 Å². The van der Waals surface area contributed by atoms with Crippen LogP contribution < -0.4 is 25.4 Å². The highest BCUT2D eigenvalue weighted by Crippen LogP contribution is 2.27. The molecule has 0 atom stereocenters. The van der Waals surface area contributed by atoms with E-state index in [0.717, 1.165) is 10.8 Å². The summed E-state index contributed by atoms with van der Waals surface area (Å²) in [5.41, 5.74) is 2.54. The molecule has 3 heterocycles. The molecular formula is C26H20N8O4S2. The molecule has 0 bridgehead atoms. The second-order valence-electron chi connectivity index (χ2n) is 7.99. The first-order chi connectivity index (χ1) is 19.3. The van der Waals surface area contributed by atoms with Crippen molar-refractivity contribution in [3.8, 4) is 11.5 Å². The van der Waals surface area contributed by atoms with Crippen LogP contribution in [0.1, 0.15) is 6.92 Å². The molecule has 5 aromatic rings. The van der Waals surface area contributed by atoms with Crippen LogP contribution in [0.3, 0.4) is 0 Å². The van der Waals surface area contributed by atoms with Crippen LogP contribution in [0, 0.1) is 0 Å². The van der Waals surface area contributed by atoms with Gasteiger partial charge in [0.2, 0.25) is 17.8 Å². The maximum Gasteiger partial charge on any atom is 0.335 e. The van der Waals surface area contributed by atoms with E-state index in [4.69, 9.17) is 9.47 Å². The van der Waals surface area contributed by atoms with Crippen molar-refractivity contribution in [2.24, 2.45) is 0 Å². The lowest BCUT2D eigenvalue weighted by Crippen LogP contribution is -2.08. The van der Waals surface area contributed by atoms with Crippen molar-refractivity contribution in [1.82, 2.24) is 24.9 Å². The molecule has 0 saturated heterocycles. The molecule has 5 rings (SSSR count). The average Bonchev–Trinajstić information content (AvgIpc) is 3.30. The summed E-state index contributed by atoms with van der Waals surface area (Å²) >= 11 is 5.69. The number of hydrogen-bond donors (Lipinski definition) is 4. The first kappa shape index (κ1) is 26.5. The smallest absolute Gasteiger partial charge is 0.335 e. The van der Waals surface area contributed by atoms with E-state index in [1.54, 1.807) is 54.7 Å². The maximum absolute atomic E-state index is 11.4. The Morgan fingerprint density at radius 1 is 0.825 bits per heavy atom. The predicted octanol–water partition coefficient (Wildman–Crippen LogP) is 5.41. The summed E-state index contributed by atoms with van der Waals surface area (Å²) in [5.74, 6) is 0.525. The fourth-order valence-corrected chi connectivity index (χ4v) is 4.44. The SMILES string of the molecule is C=CC(=O)Oc1ccc(Nc2nc(Nc3ccc(OC(C)=O)cc3)nc(Nc3cnc4nc(S)sc4c3)n2)cc1. The highest BCUT2D eigenvalue weighted by molar-refractivity contribution is 7.82. The van der Waals surface area contributed by atoms with Crippen molar-refractivity contribution in [1.29, 1.82) is 0 Å². The molecular weight excluding hydrogens is 552 g/mol.